The van der Waals surface area contributed by atoms with Crippen LogP contribution in [0.2, 0.25) is 0 Å². The number of nitrogens with zero attached hydrogens (tertiary/aromatic N) is 1. The van der Waals surface area contributed by atoms with Crippen LogP contribution in [0.15, 0.2) is 22.6 Å². The molecule has 0 unspecified atom stereocenters. The smallest absolute Gasteiger partial charge is 0.335 e. The van der Waals surface area contributed by atoms with Gasteiger partial charge in [0.15, 0.2) is 0 Å². The van der Waals surface area contributed by atoms with E-state index >= 15 is 0 Å². The van der Waals surface area contributed by atoms with E-state index in [1.165, 1.54) is 0 Å². The van der Waals surface area contributed by atoms with Crippen molar-refractivity contribution in [3.05, 3.63) is 35.1 Å². The van der Waals surface area contributed by atoms with E-state index in [1.807, 2.05) is 0 Å². The van der Waals surface area contributed by atoms with E-state index in [9.17, 15) is 4.79 Å². The Hall–Kier alpha value is -2.30. The molecule has 88 valence electrons. The number of aromatic nitrogens is 1. The fourth-order valence-electron chi connectivity index (χ4n) is 1.68. The van der Waals surface area contributed by atoms with E-state index in [0.29, 0.717) is 22.6 Å². The highest BCUT2D eigenvalue weighted by Gasteiger charge is 2.13. The maximum absolute atomic E-state index is 11.0. The highest BCUT2D eigenvalue weighted by Crippen LogP contribution is 2.26. The minimum atomic E-state index is -0.960. The molecule has 5 nitrogen and oxygen atoms in total. The Morgan fingerprint density at radius 2 is 2.12 bits per heavy atom. The van der Waals surface area contributed by atoms with E-state index < -0.39 is 5.97 Å². The molecule has 0 spiro atoms. The number of nitrogen functional groups attached to an aromatic ring is 1. The molecule has 2 aromatic rings. The Labute approximate surface area is 97.9 Å². The first-order valence-electron chi connectivity index (χ1n) is 5.06. The van der Waals surface area contributed by atoms with Crippen LogP contribution in [0.5, 0.6) is 0 Å². The molecule has 1 heterocycles. The molecule has 0 bridgehead atoms. The zero-order valence-electron chi connectivity index (χ0n) is 9.52. The maximum atomic E-state index is 11.0. The molecule has 3 N–H and O–H groups in total. The van der Waals surface area contributed by atoms with Crippen molar-refractivity contribution in [3.8, 4) is 11.3 Å². The molecule has 5 heteroatoms. The lowest BCUT2D eigenvalue weighted by molar-refractivity contribution is 0.0696. The second-order valence-electron chi connectivity index (χ2n) is 3.79. The van der Waals surface area contributed by atoms with Gasteiger partial charge in [0.05, 0.1) is 5.56 Å². The van der Waals surface area contributed by atoms with Crippen LogP contribution in [-0.4, -0.2) is 16.1 Å². The number of aromatic carboxylic acids is 1. The second-order valence-corrected chi connectivity index (χ2v) is 3.79. The normalized spacial score (nSPS) is 10.5. The SMILES string of the molecule is Cc1ccc(-c2nc(N)oc2C)cc1C(=O)O. The van der Waals surface area contributed by atoms with Crippen LogP contribution in [0, 0.1) is 13.8 Å². The lowest BCUT2D eigenvalue weighted by Gasteiger charge is -2.03. The fraction of sp³-hybridized carbons (Fsp3) is 0.167. The monoisotopic (exact) mass is 232 g/mol. The van der Waals surface area contributed by atoms with Crippen LogP contribution in [0.1, 0.15) is 21.7 Å². The van der Waals surface area contributed by atoms with Gasteiger partial charge in [-0.05, 0) is 25.5 Å². The Bertz CT molecular complexity index is 587. The van der Waals surface area contributed by atoms with Crippen LogP contribution in [-0.2, 0) is 0 Å². The number of benzene rings is 1. The quantitative estimate of drug-likeness (QED) is 0.828. The van der Waals surface area contributed by atoms with Gasteiger partial charge in [0.2, 0.25) is 0 Å². The first-order valence-corrected chi connectivity index (χ1v) is 5.06. The Kier molecular flexibility index (Phi) is 2.59. The number of nitrogens with two attached hydrogens (primary N) is 1. The first-order chi connectivity index (χ1) is 7.99. The molecule has 0 aliphatic rings. The van der Waals surface area contributed by atoms with Gasteiger partial charge in [0.1, 0.15) is 11.5 Å². The lowest BCUT2D eigenvalue weighted by Crippen LogP contribution is -2.00. The van der Waals surface area contributed by atoms with Crippen molar-refractivity contribution in [2.45, 2.75) is 13.8 Å². The zero-order valence-corrected chi connectivity index (χ0v) is 9.52. The third kappa shape index (κ3) is 1.99. The molecule has 0 aliphatic carbocycles. The van der Waals surface area contributed by atoms with Crippen molar-refractivity contribution in [2.24, 2.45) is 0 Å². The molecule has 0 saturated heterocycles. The number of anilines is 1. The van der Waals surface area contributed by atoms with Crippen molar-refractivity contribution >= 4 is 12.0 Å². The van der Waals surface area contributed by atoms with Gasteiger partial charge in [-0.3, -0.25) is 0 Å². The molecule has 0 atom stereocenters. The Balaban J connectivity index is 2.57. The summed E-state index contributed by atoms with van der Waals surface area (Å²) in [6, 6.07) is 5.19. The predicted octanol–water partition coefficient (Wildman–Crippen LogP) is 2.24. The van der Waals surface area contributed by atoms with Gasteiger partial charge in [-0.1, -0.05) is 12.1 Å². The van der Waals surface area contributed by atoms with E-state index in [2.05, 4.69) is 4.98 Å². The molecule has 0 fully saturated rings. The molecule has 2 rings (SSSR count). The first kappa shape index (κ1) is 11.2. The van der Waals surface area contributed by atoms with Crippen LogP contribution in [0.4, 0.5) is 6.01 Å². The average molecular weight is 232 g/mol. The van der Waals surface area contributed by atoms with Crippen LogP contribution in [0.25, 0.3) is 11.3 Å². The highest BCUT2D eigenvalue weighted by atomic mass is 16.4. The van der Waals surface area contributed by atoms with E-state index in [-0.39, 0.29) is 11.6 Å². The van der Waals surface area contributed by atoms with Crippen molar-refractivity contribution < 1.29 is 14.3 Å². The van der Waals surface area contributed by atoms with E-state index in [4.69, 9.17) is 15.3 Å². The number of rotatable bonds is 2. The van der Waals surface area contributed by atoms with Crippen molar-refractivity contribution in [3.63, 3.8) is 0 Å². The fourth-order valence-corrected chi connectivity index (χ4v) is 1.68. The molecule has 0 saturated carbocycles. The van der Waals surface area contributed by atoms with Gasteiger partial charge in [-0.2, -0.15) is 4.98 Å². The van der Waals surface area contributed by atoms with Gasteiger partial charge in [-0.25, -0.2) is 4.79 Å². The summed E-state index contributed by atoms with van der Waals surface area (Å²) in [6.07, 6.45) is 0. The van der Waals surface area contributed by atoms with Gasteiger partial charge >= 0.3 is 5.97 Å². The van der Waals surface area contributed by atoms with Crippen molar-refractivity contribution in [1.29, 1.82) is 0 Å². The summed E-state index contributed by atoms with van der Waals surface area (Å²) in [5.74, 6) is -0.388. The molecular weight excluding hydrogens is 220 g/mol. The summed E-state index contributed by atoms with van der Waals surface area (Å²) in [4.78, 5) is 15.1. The number of hydrogen-bond acceptors (Lipinski definition) is 4. The molecule has 0 radical (unpaired) electrons. The summed E-state index contributed by atoms with van der Waals surface area (Å²) in [5, 5.41) is 9.04. The third-order valence-corrected chi connectivity index (χ3v) is 2.55. The molecule has 1 aromatic heterocycles. The van der Waals surface area contributed by atoms with Crippen molar-refractivity contribution in [2.75, 3.05) is 5.73 Å². The maximum Gasteiger partial charge on any atom is 0.335 e. The second kappa shape index (κ2) is 3.93. The van der Waals surface area contributed by atoms with Gasteiger partial charge in [-0.15, -0.1) is 0 Å². The topological polar surface area (TPSA) is 89.4 Å². The minimum Gasteiger partial charge on any atom is -0.478 e. The number of carbonyl (C=O) groups is 1. The minimum absolute atomic E-state index is 0.0787. The summed E-state index contributed by atoms with van der Waals surface area (Å²) in [5.41, 5.74) is 7.67. The molecule has 17 heavy (non-hydrogen) atoms. The van der Waals surface area contributed by atoms with Crippen LogP contribution < -0.4 is 5.73 Å². The lowest BCUT2D eigenvalue weighted by atomic mass is 10.0. The number of oxazole rings is 1. The summed E-state index contributed by atoms with van der Waals surface area (Å²) >= 11 is 0. The number of carboxylic acids is 1. The molecule has 0 amide bonds. The van der Waals surface area contributed by atoms with E-state index in [1.54, 1.807) is 32.0 Å². The van der Waals surface area contributed by atoms with E-state index in [0.717, 1.165) is 0 Å². The largest absolute Gasteiger partial charge is 0.478 e. The van der Waals surface area contributed by atoms with Crippen LogP contribution in [0.3, 0.4) is 0 Å². The number of carboxylic acid groups (broad SMARTS) is 1. The van der Waals surface area contributed by atoms with Gasteiger partial charge in [0.25, 0.3) is 6.01 Å². The van der Waals surface area contributed by atoms with Gasteiger partial charge in [0, 0.05) is 5.56 Å². The number of aryl methyl sites for hydroxylation is 2. The van der Waals surface area contributed by atoms with Gasteiger partial charge < -0.3 is 15.3 Å². The summed E-state index contributed by atoms with van der Waals surface area (Å²) in [7, 11) is 0. The standard InChI is InChI=1S/C12H12N2O3/c1-6-3-4-8(5-9(6)11(15)16)10-7(2)17-12(13)14-10/h3-5H,1-2H3,(H2,13,14)(H,15,16). The Morgan fingerprint density at radius 1 is 1.41 bits per heavy atom. The molecule has 0 aliphatic heterocycles. The van der Waals surface area contributed by atoms with Crippen molar-refractivity contribution in [1.82, 2.24) is 4.98 Å². The average Bonchev–Trinajstić information content (AvgIpc) is 2.58. The molecule has 1 aromatic carbocycles. The highest BCUT2D eigenvalue weighted by molar-refractivity contribution is 5.91. The third-order valence-electron chi connectivity index (χ3n) is 2.55. The summed E-state index contributed by atoms with van der Waals surface area (Å²) in [6.45, 7) is 3.48. The molecular formula is C12H12N2O3. The predicted molar refractivity (Wildman–Crippen MR) is 62.8 cm³/mol. The van der Waals surface area contributed by atoms with Crippen LogP contribution >= 0.6 is 0 Å². The number of hydrogen-bond donors (Lipinski definition) is 2. The zero-order chi connectivity index (χ0) is 12.6. The Morgan fingerprint density at radius 3 is 2.65 bits per heavy atom. The summed E-state index contributed by atoms with van der Waals surface area (Å²) < 4.78 is 5.12.